The van der Waals surface area contributed by atoms with E-state index in [-0.39, 0.29) is 0 Å². The zero-order chi connectivity index (χ0) is 8.97. The van der Waals surface area contributed by atoms with Gasteiger partial charge in [-0.3, -0.25) is 9.69 Å². The highest BCUT2D eigenvalue weighted by atomic mass is 16.2. The predicted octanol–water partition coefficient (Wildman–Crippen LogP) is 0.568. The maximum Gasteiger partial charge on any atom is 0.330 e. The Labute approximate surface area is 70.1 Å². The van der Waals surface area contributed by atoms with E-state index in [0.717, 1.165) is 0 Å². The summed E-state index contributed by atoms with van der Waals surface area (Å²) in [4.78, 5) is 15.9. The van der Waals surface area contributed by atoms with E-state index < -0.39 is 5.91 Å². The number of aromatic nitrogens is 1. The summed E-state index contributed by atoms with van der Waals surface area (Å²) in [6, 6.07) is 6.67. The molecule has 60 valence electrons. The third-order valence-corrected chi connectivity index (χ3v) is 1.39. The quantitative estimate of drug-likeness (QED) is 0.566. The molecule has 0 N–H and O–H groups in total. The Balaban J connectivity index is 2.87. The number of carbonyl (C=O) groups excluding carboxylic acids is 1. The molecule has 1 amide bonds. The van der Waals surface area contributed by atoms with Crippen molar-refractivity contribution in [1.82, 2.24) is 4.98 Å². The Morgan fingerprint density at radius 3 is 2.92 bits per heavy atom. The van der Waals surface area contributed by atoms with Gasteiger partial charge in [0.05, 0.1) is 0 Å². The van der Waals surface area contributed by atoms with Crippen LogP contribution in [0.25, 0.3) is 0 Å². The molecule has 0 aliphatic carbocycles. The average Bonchev–Trinajstić information content (AvgIpc) is 2.17. The van der Waals surface area contributed by atoms with Crippen LogP contribution in [0.5, 0.6) is 0 Å². The van der Waals surface area contributed by atoms with Gasteiger partial charge >= 0.3 is 5.91 Å². The number of anilines is 1. The summed E-state index contributed by atoms with van der Waals surface area (Å²) in [7, 11) is 1.51. The summed E-state index contributed by atoms with van der Waals surface area (Å²) in [5, 5.41) is 8.30. The highest BCUT2D eigenvalue weighted by Crippen LogP contribution is 2.05. The van der Waals surface area contributed by atoms with E-state index in [1.807, 2.05) is 0 Å². The fraction of sp³-hybridized carbons (Fsp3) is 0.125. The molecule has 1 heterocycles. The van der Waals surface area contributed by atoms with Gasteiger partial charge in [0, 0.05) is 13.2 Å². The summed E-state index contributed by atoms with van der Waals surface area (Å²) in [5.41, 5.74) is 0. The molecule has 12 heavy (non-hydrogen) atoms. The van der Waals surface area contributed by atoms with Crippen molar-refractivity contribution in [2.45, 2.75) is 0 Å². The highest BCUT2D eigenvalue weighted by molar-refractivity contribution is 6.03. The van der Waals surface area contributed by atoms with Crippen LogP contribution in [-0.4, -0.2) is 17.9 Å². The van der Waals surface area contributed by atoms with Crippen molar-refractivity contribution in [3.05, 3.63) is 24.4 Å². The molecule has 4 heteroatoms. The van der Waals surface area contributed by atoms with Gasteiger partial charge < -0.3 is 0 Å². The van der Waals surface area contributed by atoms with Gasteiger partial charge in [0.15, 0.2) is 6.07 Å². The number of amides is 1. The lowest BCUT2D eigenvalue weighted by molar-refractivity contribution is -0.113. The smallest absolute Gasteiger partial charge is 0.287 e. The van der Waals surface area contributed by atoms with Crippen LogP contribution in [0.1, 0.15) is 0 Å². The van der Waals surface area contributed by atoms with E-state index in [0.29, 0.717) is 5.82 Å². The van der Waals surface area contributed by atoms with Gasteiger partial charge in [-0.2, -0.15) is 5.26 Å². The van der Waals surface area contributed by atoms with Crippen molar-refractivity contribution in [2.75, 3.05) is 11.9 Å². The Bertz CT molecular complexity index is 315. The van der Waals surface area contributed by atoms with E-state index >= 15 is 0 Å². The van der Waals surface area contributed by atoms with Crippen LogP contribution in [-0.2, 0) is 4.79 Å². The van der Waals surface area contributed by atoms with E-state index in [1.54, 1.807) is 24.4 Å². The first-order valence-corrected chi connectivity index (χ1v) is 3.34. The molecule has 1 aromatic rings. The molecule has 0 aromatic carbocycles. The lowest BCUT2D eigenvalue weighted by atomic mass is 10.4. The molecule has 0 fully saturated rings. The molecule has 0 saturated heterocycles. The Morgan fingerprint density at radius 1 is 1.67 bits per heavy atom. The minimum absolute atomic E-state index is 0.476. The van der Waals surface area contributed by atoms with Crippen LogP contribution in [0.3, 0.4) is 0 Å². The van der Waals surface area contributed by atoms with Crippen molar-refractivity contribution in [3.8, 4) is 6.07 Å². The monoisotopic (exact) mass is 161 g/mol. The number of hydrogen-bond acceptors (Lipinski definition) is 3. The van der Waals surface area contributed by atoms with Crippen LogP contribution in [0.2, 0.25) is 0 Å². The normalized spacial score (nSPS) is 8.67. The Hall–Kier alpha value is -1.89. The van der Waals surface area contributed by atoms with E-state index in [2.05, 4.69) is 4.98 Å². The highest BCUT2D eigenvalue weighted by Gasteiger charge is 2.08. The minimum Gasteiger partial charge on any atom is -0.287 e. The molecular formula is C8H7N3O. The van der Waals surface area contributed by atoms with Crippen molar-refractivity contribution >= 4 is 11.7 Å². The molecular weight excluding hydrogens is 154 g/mol. The zero-order valence-corrected chi connectivity index (χ0v) is 6.56. The van der Waals surface area contributed by atoms with Gasteiger partial charge in [0.2, 0.25) is 0 Å². The fourth-order valence-corrected chi connectivity index (χ4v) is 0.731. The summed E-state index contributed by atoms with van der Waals surface area (Å²) in [5.74, 6) is -0.141. The molecule has 0 spiro atoms. The van der Waals surface area contributed by atoms with Crippen molar-refractivity contribution in [3.63, 3.8) is 0 Å². The van der Waals surface area contributed by atoms with Crippen molar-refractivity contribution in [1.29, 1.82) is 5.26 Å². The first-order chi connectivity index (χ1) is 5.75. The fourth-order valence-electron chi connectivity index (χ4n) is 0.731. The van der Waals surface area contributed by atoms with Crippen molar-refractivity contribution in [2.24, 2.45) is 0 Å². The van der Waals surface area contributed by atoms with E-state index in [1.165, 1.54) is 18.0 Å². The average molecular weight is 161 g/mol. The Morgan fingerprint density at radius 2 is 2.42 bits per heavy atom. The molecule has 4 nitrogen and oxygen atoms in total. The number of nitrogens with zero attached hydrogens (tertiary/aromatic N) is 3. The first kappa shape index (κ1) is 8.21. The van der Waals surface area contributed by atoms with Crippen LogP contribution in [0, 0.1) is 11.3 Å². The maximum atomic E-state index is 10.8. The number of rotatable bonds is 1. The van der Waals surface area contributed by atoms with Gasteiger partial charge in [0.25, 0.3) is 0 Å². The second-order valence-corrected chi connectivity index (χ2v) is 2.16. The molecule has 0 aliphatic rings. The van der Waals surface area contributed by atoms with Crippen LogP contribution < -0.4 is 4.90 Å². The van der Waals surface area contributed by atoms with Gasteiger partial charge in [0.1, 0.15) is 5.82 Å². The standard InChI is InChI=1S/C8H7N3O/c1-11(8(12)6-9)7-4-2-3-5-10-7/h2-5H,1H3. The minimum atomic E-state index is -0.617. The van der Waals surface area contributed by atoms with Gasteiger partial charge in [-0.1, -0.05) is 6.07 Å². The molecule has 0 saturated carbocycles. The van der Waals surface area contributed by atoms with E-state index in [9.17, 15) is 4.79 Å². The number of pyridine rings is 1. The van der Waals surface area contributed by atoms with Gasteiger partial charge in [-0.15, -0.1) is 0 Å². The topological polar surface area (TPSA) is 57.0 Å². The summed E-state index contributed by atoms with van der Waals surface area (Å²) >= 11 is 0. The second-order valence-electron chi connectivity index (χ2n) is 2.16. The molecule has 1 aromatic heterocycles. The predicted molar refractivity (Wildman–Crippen MR) is 43.3 cm³/mol. The number of carbonyl (C=O) groups is 1. The molecule has 1 rings (SSSR count). The summed E-state index contributed by atoms with van der Waals surface area (Å²) in [6.45, 7) is 0. The molecule has 0 unspecified atom stereocenters. The van der Waals surface area contributed by atoms with Crippen molar-refractivity contribution < 1.29 is 4.79 Å². The number of nitriles is 1. The first-order valence-electron chi connectivity index (χ1n) is 3.34. The van der Waals surface area contributed by atoms with Crippen LogP contribution in [0.15, 0.2) is 24.4 Å². The number of hydrogen-bond donors (Lipinski definition) is 0. The van der Waals surface area contributed by atoms with Crippen LogP contribution in [0.4, 0.5) is 5.82 Å². The lowest BCUT2D eigenvalue weighted by Crippen LogP contribution is -2.24. The molecule has 0 bridgehead atoms. The lowest BCUT2D eigenvalue weighted by Gasteiger charge is -2.10. The summed E-state index contributed by atoms with van der Waals surface area (Å²) in [6.07, 6.45) is 1.57. The van der Waals surface area contributed by atoms with Gasteiger partial charge in [-0.05, 0) is 12.1 Å². The second kappa shape index (κ2) is 3.49. The summed E-state index contributed by atoms with van der Waals surface area (Å²) < 4.78 is 0. The Kier molecular flexibility index (Phi) is 2.38. The largest absolute Gasteiger partial charge is 0.330 e. The maximum absolute atomic E-state index is 10.8. The molecule has 0 radical (unpaired) electrons. The molecule has 0 aliphatic heterocycles. The zero-order valence-electron chi connectivity index (χ0n) is 6.56. The van der Waals surface area contributed by atoms with E-state index in [4.69, 9.17) is 5.26 Å². The molecule has 0 atom stereocenters. The van der Waals surface area contributed by atoms with Crippen LogP contribution >= 0.6 is 0 Å². The SMILES string of the molecule is CN(C(=O)C#N)c1ccccn1. The third-order valence-electron chi connectivity index (χ3n) is 1.39. The van der Waals surface area contributed by atoms with Gasteiger partial charge in [-0.25, -0.2) is 4.98 Å². The third kappa shape index (κ3) is 1.58.